The Morgan fingerprint density at radius 1 is 0.273 bits per heavy atom. The maximum atomic E-state index is 12.7. The SMILES string of the molecule is COc1ccc(C#Cc2cc(C#CC(C)(C)O)c(N=Cc3c(O)c(C=Nc4c(C#CC(C)(C)O)cc(C#Cc5ccc(OC)cc5)cc4C#CC(C)(C)O)c(O)c(C=Nc4c(C#CC(C)(C)O)cc(C#Cc5ccc(OC)cc5)cc4C#CC(C)(C)O)c3O)c(C#CC(C)(C)O)c2)cc1. The molecule has 7 rings (SSSR count). The minimum absolute atomic E-state index is 0.0382. The van der Waals surface area contributed by atoms with Crippen molar-refractivity contribution in [1.29, 1.82) is 0 Å². The van der Waals surface area contributed by atoms with Gasteiger partial charge in [0.2, 0.25) is 0 Å². The second-order valence-electron chi connectivity index (χ2n) is 25.6. The Morgan fingerprint density at radius 2 is 0.444 bits per heavy atom. The van der Waals surface area contributed by atoms with E-state index in [1.807, 2.05) is 0 Å². The van der Waals surface area contributed by atoms with Crippen molar-refractivity contribution in [1.82, 2.24) is 0 Å². The van der Waals surface area contributed by atoms with E-state index in [9.17, 15) is 46.0 Å². The van der Waals surface area contributed by atoms with Gasteiger partial charge in [-0.15, -0.1) is 0 Å². The largest absolute Gasteiger partial charge is 0.506 e. The number of phenols is 3. The van der Waals surface area contributed by atoms with Crippen LogP contribution < -0.4 is 14.2 Å². The number of methoxy groups -OCH3 is 3. The van der Waals surface area contributed by atoms with Crippen molar-refractivity contribution < 1.29 is 60.2 Å². The normalized spacial score (nSPS) is 11.4. The van der Waals surface area contributed by atoms with Crippen molar-refractivity contribution in [3.63, 3.8) is 0 Å². The first kappa shape index (κ1) is 74.5. The minimum atomic E-state index is -1.53. The Bertz CT molecular complexity index is 4280. The first-order valence-corrected chi connectivity index (χ1v) is 30.8. The highest BCUT2D eigenvalue weighted by atomic mass is 16.5. The number of aromatic hydroxyl groups is 3. The van der Waals surface area contributed by atoms with Crippen molar-refractivity contribution in [2.45, 2.75) is 117 Å². The van der Waals surface area contributed by atoms with Crippen molar-refractivity contribution in [2.75, 3.05) is 21.3 Å². The van der Waals surface area contributed by atoms with Crippen LogP contribution in [-0.4, -0.2) is 120 Å². The fraction of sp³-hybridized carbons (Fsp3) is 0.250. The molecule has 0 radical (unpaired) electrons. The van der Waals surface area contributed by atoms with Crippen LogP contribution in [0, 0.1) is 107 Å². The first-order chi connectivity index (χ1) is 46.3. The first-order valence-electron chi connectivity index (χ1n) is 30.8. The average molecular weight is 1320 g/mol. The lowest BCUT2D eigenvalue weighted by molar-refractivity contribution is 0.143. The van der Waals surface area contributed by atoms with Gasteiger partial charge in [0, 0.05) is 52.0 Å². The van der Waals surface area contributed by atoms with E-state index in [2.05, 4.69) is 107 Å². The van der Waals surface area contributed by atoms with Gasteiger partial charge in [-0.1, -0.05) is 107 Å². The molecule has 0 saturated carbocycles. The number of hydrogen-bond donors (Lipinski definition) is 9. The highest BCUT2D eigenvalue weighted by Gasteiger charge is 2.24. The lowest BCUT2D eigenvalue weighted by Gasteiger charge is -2.14. The highest BCUT2D eigenvalue weighted by molar-refractivity contribution is 6.05. The molecule has 9 N–H and O–H groups in total. The smallest absolute Gasteiger partial charge is 0.140 e. The summed E-state index contributed by atoms with van der Waals surface area (Å²) in [6.45, 7) is 17.8. The Kier molecular flexibility index (Phi) is 23.6. The molecule has 0 atom stereocenters. The number of phenolic OH excluding ortho intramolecular Hbond substituents is 3. The van der Waals surface area contributed by atoms with E-state index in [1.165, 1.54) is 83.1 Å². The molecule has 0 aliphatic carbocycles. The molecular formula is C84H75N3O12. The van der Waals surface area contributed by atoms with Gasteiger partial charge in [0.1, 0.15) is 68.1 Å². The van der Waals surface area contributed by atoms with Crippen molar-refractivity contribution in [3.05, 3.63) is 193 Å². The van der Waals surface area contributed by atoms with Gasteiger partial charge in [-0.3, -0.25) is 15.0 Å². The van der Waals surface area contributed by atoms with Gasteiger partial charge in [-0.25, -0.2) is 0 Å². The van der Waals surface area contributed by atoms with Crippen LogP contribution >= 0.6 is 0 Å². The molecule has 0 saturated heterocycles. The molecule has 99 heavy (non-hydrogen) atoms. The molecular weight excluding hydrogens is 1240 g/mol. The molecule has 0 spiro atoms. The van der Waals surface area contributed by atoms with Crippen molar-refractivity contribution in [3.8, 4) is 141 Å². The van der Waals surface area contributed by atoms with E-state index in [1.54, 1.807) is 131 Å². The lowest BCUT2D eigenvalue weighted by atomic mass is 9.99. The summed E-state index contributed by atoms with van der Waals surface area (Å²) in [6, 6.07) is 31.0. The predicted molar refractivity (Wildman–Crippen MR) is 389 cm³/mol. The van der Waals surface area contributed by atoms with Crippen molar-refractivity contribution >= 4 is 35.7 Å². The summed E-state index contributed by atoms with van der Waals surface area (Å²) in [5.41, 5.74) is -6.17. The molecule has 0 amide bonds. The summed E-state index contributed by atoms with van der Waals surface area (Å²) < 4.78 is 16.0. The molecule has 498 valence electrons. The van der Waals surface area contributed by atoms with Crippen LogP contribution in [0.25, 0.3) is 0 Å². The quantitative estimate of drug-likeness (QED) is 0.0484. The Balaban J connectivity index is 1.59. The summed E-state index contributed by atoms with van der Waals surface area (Å²) in [5, 5.41) is 104. The molecule has 7 aromatic rings. The van der Waals surface area contributed by atoms with Gasteiger partial charge >= 0.3 is 0 Å². The van der Waals surface area contributed by atoms with Gasteiger partial charge in [0.05, 0.1) is 88.5 Å². The lowest BCUT2D eigenvalue weighted by Crippen LogP contribution is -2.14. The van der Waals surface area contributed by atoms with Crippen LogP contribution in [0.1, 0.15) is 167 Å². The van der Waals surface area contributed by atoms with Crippen molar-refractivity contribution in [2.24, 2.45) is 15.0 Å². The number of aliphatic hydroxyl groups is 6. The minimum Gasteiger partial charge on any atom is -0.506 e. The van der Waals surface area contributed by atoms with E-state index in [0.717, 1.165) is 18.6 Å². The van der Waals surface area contributed by atoms with Gasteiger partial charge in [0.25, 0.3) is 0 Å². The maximum absolute atomic E-state index is 12.7. The molecule has 0 aromatic heterocycles. The van der Waals surface area contributed by atoms with Gasteiger partial charge in [-0.05, 0) is 192 Å². The molecule has 0 aliphatic heterocycles. The average Bonchev–Trinajstić information content (AvgIpc) is 0.772. The summed E-state index contributed by atoms with van der Waals surface area (Å²) in [5.74, 6) is 53.3. The van der Waals surface area contributed by atoms with E-state index in [-0.39, 0.29) is 50.4 Å². The van der Waals surface area contributed by atoms with Crippen LogP contribution in [0.15, 0.2) is 124 Å². The maximum Gasteiger partial charge on any atom is 0.140 e. The van der Waals surface area contributed by atoms with Crippen LogP contribution in [0.5, 0.6) is 34.5 Å². The summed E-state index contributed by atoms with van der Waals surface area (Å²) in [4.78, 5) is 14.5. The fourth-order valence-electron chi connectivity index (χ4n) is 8.41. The Hall–Kier alpha value is -11.9. The number of hydrogen-bond acceptors (Lipinski definition) is 15. The van der Waals surface area contributed by atoms with Crippen LogP contribution in [0.3, 0.4) is 0 Å². The van der Waals surface area contributed by atoms with Gasteiger partial charge < -0.3 is 60.2 Å². The molecule has 0 heterocycles. The molecule has 7 aromatic carbocycles. The van der Waals surface area contributed by atoms with E-state index in [0.29, 0.717) is 50.6 Å². The zero-order chi connectivity index (χ0) is 72.7. The Morgan fingerprint density at radius 3 is 0.606 bits per heavy atom. The summed E-state index contributed by atoms with van der Waals surface area (Å²) in [6.07, 6.45) is 3.28. The van der Waals surface area contributed by atoms with E-state index < -0.39 is 67.5 Å². The monoisotopic (exact) mass is 1320 g/mol. The zero-order valence-corrected chi connectivity index (χ0v) is 57.7. The third kappa shape index (κ3) is 23.2. The second-order valence-corrected chi connectivity index (χ2v) is 25.6. The zero-order valence-electron chi connectivity index (χ0n) is 57.7. The van der Waals surface area contributed by atoms with E-state index >= 15 is 0 Å². The molecule has 15 heteroatoms. The highest BCUT2D eigenvalue weighted by Crippen LogP contribution is 2.42. The third-order valence-corrected chi connectivity index (χ3v) is 13.2. The molecule has 0 aliphatic rings. The third-order valence-electron chi connectivity index (χ3n) is 13.2. The van der Waals surface area contributed by atoms with Crippen LogP contribution in [0.2, 0.25) is 0 Å². The van der Waals surface area contributed by atoms with Crippen LogP contribution in [-0.2, 0) is 0 Å². The second kappa shape index (κ2) is 31.4. The van der Waals surface area contributed by atoms with Gasteiger partial charge in [0.15, 0.2) is 0 Å². The molecule has 0 bridgehead atoms. The summed E-state index contributed by atoms with van der Waals surface area (Å²) >= 11 is 0. The number of rotatable bonds is 9. The predicted octanol–water partition coefficient (Wildman–Crippen LogP) is 11.0. The van der Waals surface area contributed by atoms with Gasteiger partial charge in [-0.2, -0.15) is 0 Å². The number of benzene rings is 7. The van der Waals surface area contributed by atoms with E-state index in [4.69, 9.17) is 29.2 Å². The van der Waals surface area contributed by atoms with Crippen LogP contribution in [0.4, 0.5) is 17.1 Å². The topological polar surface area (TPSA) is 247 Å². The standard InChI is InChI=1S/C84H75N3O12/c1-79(2,91)40-34-61-46-58(19-16-55-22-28-67(97-13)29-23-55)47-62(35-41-80(3,4)92)73(61)85-52-70-76(88)71(53-86-74-63(36-42-81(5,6)93)48-59(49-64(74)37-43-82(7,8)94)20-17-56-24-30-68(98-14)31-25-56)78(90)72(77(70)89)54-87-75-65(38-44-83(9,10)95)50-60(51-66(75)39-45-84(11,12)96)21-18-57-26-32-69(99-15)33-27-57/h22-33,46-54,88-96H,1-15H3. The number of ether oxygens (including phenoxy) is 3. The Labute approximate surface area is 579 Å². The molecule has 15 nitrogen and oxygen atoms in total. The molecule has 0 unspecified atom stereocenters. The number of aliphatic imine (C=N–C) groups is 3. The summed E-state index contributed by atoms with van der Waals surface area (Å²) in [7, 11) is 4.66. The molecule has 0 fully saturated rings. The fourth-order valence-corrected chi connectivity index (χ4v) is 8.41. The number of nitrogens with zero attached hydrogens (tertiary/aromatic N) is 3.